The van der Waals surface area contributed by atoms with Gasteiger partial charge in [0.2, 0.25) is 0 Å². The SMILES string of the molecule is CC(C)(CCNc1ccccc1S(C)(=O)=O)CCC(=O)O. The van der Waals surface area contributed by atoms with Crippen LogP contribution in [0.25, 0.3) is 0 Å². The Morgan fingerprint density at radius 2 is 1.86 bits per heavy atom. The number of hydrogen-bond donors (Lipinski definition) is 2. The van der Waals surface area contributed by atoms with E-state index in [0.29, 0.717) is 18.7 Å². The molecule has 0 saturated carbocycles. The highest BCUT2D eigenvalue weighted by Crippen LogP contribution is 2.27. The van der Waals surface area contributed by atoms with Crippen LogP contribution in [0.5, 0.6) is 0 Å². The van der Waals surface area contributed by atoms with Crippen LogP contribution < -0.4 is 5.32 Å². The van der Waals surface area contributed by atoms with Crippen molar-refractivity contribution in [1.82, 2.24) is 0 Å². The van der Waals surface area contributed by atoms with E-state index in [-0.39, 0.29) is 16.7 Å². The van der Waals surface area contributed by atoms with E-state index in [4.69, 9.17) is 5.11 Å². The van der Waals surface area contributed by atoms with Gasteiger partial charge in [-0.05, 0) is 30.4 Å². The molecule has 0 aromatic heterocycles. The Balaban J connectivity index is 2.63. The van der Waals surface area contributed by atoms with Crippen molar-refractivity contribution in [2.75, 3.05) is 18.1 Å². The van der Waals surface area contributed by atoms with Gasteiger partial charge in [0.05, 0.1) is 10.6 Å². The summed E-state index contributed by atoms with van der Waals surface area (Å²) in [4.78, 5) is 10.9. The number of nitrogens with one attached hydrogen (secondary N) is 1. The van der Waals surface area contributed by atoms with Gasteiger partial charge in [0, 0.05) is 19.2 Å². The second-order valence-electron chi connectivity index (χ2n) is 6.00. The minimum absolute atomic E-state index is 0.106. The number of hydrogen-bond acceptors (Lipinski definition) is 4. The second-order valence-corrected chi connectivity index (χ2v) is 7.99. The van der Waals surface area contributed by atoms with Crippen molar-refractivity contribution < 1.29 is 18.3 Å². The molecule has 0 spiro atoms. The molecule has 1 aromatic rings. The quantitative estimate of drug-likeness (QED) is 0.771. The third kappa shape index (κ3) is 6.16. The van der Waals surface area contributed by atoms with E-state index in [0.717, 1.165) is 6.42 Å². The predicted molar refractivity (Wildman–Crippen MR) is 83.3 cm³/mol. The Labute approximate surface area is 126 Å². The molecule has 0 radical (unpaired) electrons. The van der Waals surface area contributed by atoms with Gasteiger partial charge >= 0.3 is 5.97 Å². The Morgan fingerprint density at radius 3 is 2.43 bits per heavy atom. The highest BCUT2D eigenvalue weighted by Gasteiger charge is 2.19. The summed E-state index contributed by atoms with van der Waals surface area (Å²) >= 11 is 0. The normalized spacial score (nSPS) is 12.1. The summed E-state index contributed by atoms with van der Waals surface area (Å²) in [5.41, 5.74) is 0.486. The van der Waals surface area contributed by atoms with Crippen molar-refractivity contribution >= 4 is 21.5 Å². The molecule has 21 heavy (non-hydrogen) atoms. The molecule has 0 aliphatic rings. The van der Waals surface area contributed by atoms with Crippen molar-refractivity contribution in [1.29, 1.82) is 0 Å². The zero-order valence-corrected chi connectivity index (χ0v) is 13.5. The zero-order chi connectivity index (χ0) is 16.1. The molecule has 5 nitrogen and oxygen atoms in total. The molecule has 0 bridgehead atoms. The molecule has 0 atom stereocenters. The number of carboxylic acid groups (broad SMARTS) is 1. The lowest BCUT2D eigenvalue weighted by atomic mass is 9.84. The van der Waals surface area contributed by atoms with Crippen molar-refractivity contribution in [3.63, 3.8) is 0 Å². The van der Waals surface area contributed by atoms with E-state index in [1.807, 2.05) is 13.8 Å². The maximum atomic E-state index is 11.7. The molecular weight excluding hydrogens is 290 g/mol. The summed E-state index contributed by atoms with van der Waals surface area (Å²) in [6, 6.07) is 6.79. The lowest BCUT2D eigenvalue weighted by molar-refractivity contribution is -0.137. The van der Waals surface area contributed by atoms with Crippen LogP contribution in [0.1, 0.15) is 33.1 Å². The number of benzene rings is 1. The summed E-state index contributed by atoms with van der Waals surface area (Å²) in [6.45, 7) is 4.62. The first-order valence-electron chi connectivity index (χ1n) is 6.87. The average Bonchev–Trinajstić information content (AvgIpc) is 2.36. The Kier molecular flexibility index (Phi) is 5.78. The molecule has 6 heteroatoms. The van der Waals surface area contributed by atoms with E-state index < -0.39 is 15.8 Å². The van der Waals surface area contributed by atoms with Crippen LogP contribution in [0, 0.1) is 5.41 Å². The van der Waals surface area contributed by atoms with Crippen molar-refractivity contribution in [3.05, 3.63) is 24.3 Å². The summed E-state index contributed by atoms with van der Waals surface area (Å²) in [7, 11) is -3.26. The molecule has 1 rings (SSSR count). The van der Waals surface area contributed by atoms with E-state index in [2.05, 4.69) is 5.32 Å². The molecule has 1 aromatic carbocycles. The molecule has 0 amide bonds. The maximum absolute atomic E-state index is 11.7. The monoisotopic (exact) mass is 313 g/mol. The van der Waals surface area contributed by atoms with Crippen molar-refractivity contribution in [2.45, 2.75) is 38.0 Å². The van der Waals surface area contributed by atoms with Gasteiger partial charge in [-0.1, -0.05) is 26.0 Å². The zero-order valence-electron chi connectivity index (χ0n) is 12.7. The standard InChI is InChI=1S/C15H23NO4S/c1-15(2,9-8-14(17)18)10-11-16-12-6-4-5-7-13(12)21(3,19)20/h4-7,16H,8-11H2,1-3H3,(H,17,18). The molecule has 0 aliphatic carbocycles. The number of aliphatic carboxylic acids is 1. The van der Waals surface area contributed by atoms with E-state index in [1.165, 1.54) is 6.26 Å². The fourth-order valence-electron chi connectivity index (χ4n) is 2.04. The number of sulfone groups is 1. The van der Waals surface area contributed by atoms with Crippen LogP contribution >= 0.6 is 0 Å². The number of para-hydroxylation sites is 1. The van der Waals surface area contributed by atoms with Crippen LogP contribution in [0.2, 0.25) is 0 Å². The highest BCUT2D eigenvalue weighted by atomic mass is 32.2. The predicted octanol–water partition coefficient (Wildman–Crippen LogP) is 2.78. The Hall–Kier alpha value is -1.56. The van der Waals surface area contributed by atoms with Gasteiger partial charge in [0.25, 0.3) is 0 Å². The Bertz CT molecular complexity index is 593. The van der Waals surface area contributed by atoms with Gasteiger partial charge in [0.1, 0.15) is 0 Å². The minimum atomic E-state index is -3.26. The lowest BCUT2D eigenvalue weighted by Gasteiger charge is -2.24. The van der Waals surface area contributed by atoms with Gasteiger partial charge in [-0.15, -0.1) is 0 Å². The van der Waals surface area contributed by atoms with Gasteiger partial charge in [-0.25, -0.2) is 8.42 Å². The molecule has 0 heterocycles. The van der Waals surface area contributed by atoms with Gasteiger partial charge < -0.3 is 10.4 Å². The Morgan fingerprint density at radius 1 is 1.24 bits per heavy atom. The van der Waals surface area contributed by atoms with Crippen LogP contribution in [-0.2, 0) is 14.6 Å². The summed E-state index contributed by atoms with van der Waals surface area (Å²) in [5.74, 6) is -0.793. The second kappa shape index (κ2) is 6.93. The molecular formula is C15H23NO4S. The van der Waals surface area contributed by atoms with Crippen LogP contribution in [0.15, 0.2) is 29.2 Å². The van der Waals surface area contributed by atoms with Crippen molar-refractivity contribution in [3.8, 4) is 0 Å². The molecule has 0 fully saturated rings. The summed E-state index contributed by atoms with van der Waals surface area (Å²) in [6.07, 6.45) is 2.69. The van der Waals surface area contributed by atoms with Gasteiger partial charge in [-0.3, -0.25) is 4.79 Å². The van der Waals surface area contributed by atoms with Gasteiger partial charge in [-0.2, -0.15) is 0 Å². The van der Waals surface area contributed by atoms with Crippen molar-refractivity contribution in [2.24, 2.45) is 5.41 Å². The number of anilines is 1. The van der Waals surface area contributed by atoms with E-state index in [1.54, 1.807) is 24.3 Å². The third-order valence-electron chi connectivity index (χ3n) is 3.42. The smallest absolute Gasteiger partial charge is 0.303 e. The van der Waals surface area contributed by atoms with Gasteiger partial charge in [0.15, 0.2) is 9.84 Å². The molecule has 0 unspecified atom stereocenters. The largest absolute Gasteiger partial charge is 0.481 e. The topological polar surface area (TPSA) is 83.5 Å². The van der Waals surface area contributed by atoms with Crippen LogP contribution in [0.4, 0.5) is 5.69 Å². The molecule has 2 N–H and O–H groups in total. The number of rotatable bonds is 8. The minimum Gasteiger partial charge on any atom is -0.481 e. The first-order valence-corrected chi connectivity index (χ1v) is 8.76. The maximum Gasteiger partial charge on any atom is 0.303 e. The van der Waals surface area contributed by atoms with E-state index in [9.17, 15) is 13.2 Å². The van der Waals surface area contributed by atoms with Crippen LogP contribution in [-0.4, -0.2) is 32.3 Å². The fraction of sp³-hybridized carbons (Fsp3) is 0.533. The fourth-order valence-corrected chi connectivity index (χ4v) is 2.91. The number of carbonyl (C=O) groups is 1. The molecule has 0 saturated heterocycles. The van der Waals surface area contributed by atoms with E-state index >= 15 is 0 Å². The molecule has 0 aliphatic heterocycles. The van der Waals surface area contributed by atoms with Crippen LogP contribution in [0.3, 0.4) is 0 Å². The third-order valence-corrected chi connectivity index (χ3v) is 4.57. The first kappa shape index (κ1) is 17.5. The summed E-state index contributed by atoms with van der Waals surface area (Å²) < 4.78 is 23.4. The average molecular weight is 313 g/mol. The number of carboxylic acids is 1. The molecule has 118 valence electrons. The lowest BCUT2D eigenvalue weighted by Crippen LogP contribution is -2.19. The highest BCUT2D eigenvalue weighted by molar-refractivity contribution is 7.90. The first-order chi connectivity index (χ1) is 9.62. The summed E-state index contributed by atoms with van der Waals surface area (Å²) in [5, 5.41) is 11.9.